The number of pyridine rings is 2. The van der Waals surface area contributed by atoms with Crippen LogP contribution in [0.2, 0.25) is 0 Å². The number of fused-ring (bicyclic) bond motifs is 2. The number of anilines is 2. The van der Waals surface area contributed by atoms with Crippen molar-refractivity contribution in [3.63, 3.8) is 0 Å². The number of carbonyl (C=O) groups is 1. The number of amides is 1. The molecular formula is C44H52F2N10O2. The fourth-order valence-electron chi connectivity index (χ4n) is 8.73. The van der Waals surface area contributed by atoms with Crippen molar-refractivity contribution >= 4 is 39.3 Å². The molecule has 6 aromatic rings. The predicted octanol–water partition coefficient (Wildman–Crippen LogP) is 7.93. The van der Waals surface area contributed by atoms with Crippen LogP contribution in [0.4, 0.5) is 20.4 Å². The number of aromatic amines is 2. The molecule has 0 radical (unpaired) electrons. The standard InChI is InChI=1S/C44H52F2N10O2/c1-27(24-55-15-4-3-5-16-55)18-37(57)50-44-40(46)42(52-54-44)34-21-31-11-10-29(22-36(31)48-23-34)33-9-7-17-56(26-33)25-28(2)19-38(58)49-43-39(45)41(51-53-43)32-12-13-35-30(20-32)8-6-14-47-35/h6,8,10-14,20-23,27-28,33,37,57H,3-5,7,9,15-19,24-26H2,1-2H3,(H2,50,52,54)(H2,49,51,53,58). The van der Waals surface area contributed by atoms with Gasteiger partial charge in [-0.05, 0) is 105 Å². The van der Waals surface area contributed by atoms with E-state index in [1.165, 1.54) is 24.8 Å². The number of likely N-dealkylation sites (tertiary alicyclic amines) is 2. The molecule has 2 aliphatic rings. The minimum absolute atomic E-state index is 0.00354. The molecule has 6 heterocycles. The van der Waals surface area contributed by atoms with E-state index in [-0.39, 0.29) is 47.2 Å². The molecule has 0 bridgehead atoms. The summed E-state index contributed by atoms with van der Waals surface area (Å²) in [5.41, 5.74) is 4.46. The molecule has 14 heteroatoms. The number of nitrogens with one attached hydrogen (secondary N) is 4. The second-order valence-corrected chi connectivity index (χ2v) is 16.4. The molecule has 304 valence electrons. The first-order valence-electron chi connectivity index (χ1n) is 20.6. The van der Waals surface area contributed by atoms with Gasteiger partial charge in [0.25, 0.3) is 0 Å². The number of hydrogen-bond donors (Lipinski definition) is 5. The fourth-order valence-corrected chi connectivity index (χ4v) is 8.73. The lowest BCUT2D eigenvalue weighted by Gasteiger charge is -2.34. The van der Waals surface area contributed by atoms with Crippen LogP contribution in [-0.4, -0.2) is 96.7 Å². The summed E-state index contributed by atoms with van der Waals surface area (Å²) in [4.78, 5) is 26.9. The molecule has 2 fully saturated rings. The Morgan fingerprint density at radius 3 is 2.40 bits per heavy atom. The lowest BCUT2D eigenvalue weighted by Crippen LogP contribution is -2.38. The monoisotopic (exact) mass is 790 g/mol. The zero-order chi connectivity index (χ0) is 40.2. The number of aliphatic hydroxyl groups is 1. The normalized spacial score (nSPS) is 18.3. The number of aliphatic hydroxyl groups excluding tert-OH is 1. The lowest BCUT2D eigenvalue weighted by molar-refractivity contribution is -0.117. The molecule has 0 spiro atoms. The van der Waals surface area contributed by atoms with Crippen molar-refractivity contribution in [2.45, 2.75) is 70.9 Å². The molecule has 4 atom stereocenters. The average molecular weight is 791 g/mol. The maximum Gasteiger partial charge on any atom is 0.225 e. The summed E-state index contributed by atoms with van der Waals surface area (Å²) in [6, 6.07) is 17.4. The Bertz CT molecular complexity index is 2360. The van der Waals surface area contributed by atoms with Gasteiger partial charge in [-0.2, -0.15) is 10.2 Å². The number of rotatable bonds is 14. The van der Waals surface area contributed by atoms with Crippen LogP contribution in [0.25, 0.3) is 44.3 Å². The Balaban J connectivity index is 0.836. The van der Waals surface area contributed by atoms with Crippen molar-refractivity contribution in [2.75, 3.05) is 49.9 Å². The summed E-state index contributed by atoms with van der Waals surface area (Å²) in [6.07, 6.45) is 8.98. The maximum atomic E-state index is 15.6. The highest BCUT2D eigenvalue weighted by molar-refractivity contribution is 5.91. The number of aromatic nitrogens is 6. The summed E-state index contributed by atoms with van der Waals surface area (Å²) in [6.45, 7) is 9.80. The number of hydrogen-bond acceptors (Lipinski definition) is 9. The van der Waals surface area contributed by atoms with Gasteiger partial charge in [0.1, 0.15) is 17.6 Å². The first-order chi connectivity index (χ1) is 28.2. The minimum Gasteiger partial charge on any atom is -0.374 e. The summed E-state index contributed by atoms with van der Waals surface area (Å²) in [5.74, 6) is -0.941. The van der Waals surface area contributed by atoms with Gasteiger partial charge in [0, 0.05) is 60.3 Å². The quantitative estimate of drug-likeness (QED) is 0.0694. The van der Waals surface area contributed by atoms with E-state index in [1.54, 1.807) is 18.5 Å². The fraction of sp³-hybridized carbons (Fsp3) is 0.432. The zero-order valence-electron chi connectivity index (χ0n) is 33.1. The first-order valence-corrected chi connectivity index (χ1v) is 20.6. The van der Waals surface area contributed by atoms with Crippen molar-refractivity contribution in [1.82, 2.24) is 40.2 Å². The van der Waals surface area contributed by atoms with E-state index in [4.69, 9.17) is 4.98 Å². The van der Waals surface area contributed by atoms with E-state index < -0.39 is 17.9 Å². The Morgan fingerprint density at radius 2 is 1.55 bits per heavy atom. The average Bonchev–Trinajstić information content (AvgIpc) is 3.77. The van der Waals surface area contributed by atoms with Gasteiger partial charge in [-0.25, -0.2) is 8.78 Å². The van der Waals surface area contributed by atoms with Gasteiger partial charge >= 0.3 is 0 Å². The summed E-state index contributed by atoms with van der Waals surface area (Å²) < 4.78 is 30.9. The van der Waals surface area contributed by atoms with Gasteiger partial charge in [0.05, 0.1) is 11.0 Å². The van der Waals surface area contributed by atoms with E-state index in [1.807, 2.05) is 43.3 Å². The molecule has 5 N–H and O–H groups in total. The smallest absolute Gasteiger partial charge is 0.225 e. The van der Waals surface area contributed by atoms with Crippen LogP contribution < -0.4 is 10.6 Å². The van der Waals surface area contributed by atoms with Gasteiger partial charge < -0.3 is 25.5 Å². The molecule has 58 heavy (non-hydrogen) atoms. The highest BCUT2D eigenvalue weighted by atomic mass is 19.1. The summed E-state index contributed by atoms with van der Waals surface area (Å²) in [7, 11) is 0. The van der Waals surface area contributed by atoms with Gasteiger partial charge in [-0.15, -0.1) is 0 Å². The zero-order valence-corrected chi connectivity index (χ0v) is 33.1. The maximum absolute atomic E-state index is 15.6. The van der Waals surface area contributed by atoms with Crippen LogP contribution in [-0.2, 0) is 4.79 Å². The molecule has 2 aliphatic heterocycles. The Morgan fingerprint density at radius 1 is 0.828 bits per heavy atom. The van der Waals surface area contributed by atoms with E-state index in [0.29, 0.717) is 23.5 Å². The SMILES string of the molecule is CC(CC(O)Nc1n[nH]c(-c2cnc3cc(C4CCCN(CC(C)CC(=O)Nc5n[nH]c(-c6ccc7ncccc7c6)c5F)C4)ccc3c2)c1F)CN1CCCCC1. The number of nitrogens with zero attached hydrogens (tertiary/aromatic N) is 6. The van der Waals surface area contributed by atoms with Crippen LogP contribution >= 0.6 is 0 Å². The second kappa shape index (κ2) is 17.7. The highest BCUT2D eigenvalue weighted by Crippen LogP contribution is 2.33. The largest absolute Gasteiger partial charge is 0.374 e. The van der Waals surface area contributed by atoms with Gasteiger partial charge in [-0.1, -0.05) is 44.5 Å². The molecule has 2 saturated heterocycles. The third-order valence-electron chi connectivity index (χ3n) is 11.6. The third kappa shape index (κ3) is 9.19. The van der Waals surface area contributed by atoms with E-state index in [2.05, 4.69) is 64.9 Å². The molecule has 0 aliphatic carbocycles. The molecule has 2 aromatic carbocycles. The van der Waals surface area contributed by atoms with Crippen molar-refractivity contribution < 1.29 is 18.7 Å². The van der Waals surface area contributed by atoms with Crippen molar-refractivity contribution in [2.24, 2.45) is 11.8 Å². The second-order valence-electron chi connectivity index (χ2n) is 16.4. The number of carbonyl (C=O) groups excluding carboxylic acids is 1. The summed E-state index contributed by atoms with van der Waals surface area (Å²) in [5, 5.41) is 31.7. The van der Waals surface area contributed by atoms with Crippen molar-refractivity contribution in [3.8, 4) is 22.5 Å². The molecular weight excluding hydrogens is 739 g/mol. The third-order valence-corrected chi connectivity index (χ3v) is 11.6. The minimum atomic E-state index is -0.912. The lowest BCUT2D eigenvalue weighted by atomic mass is 9.89. The van der Waals surface area contributed by atoms with Crippen molar-refractivity contribution in [1.29, 1.82) is 0 Å². The molecule has 4 unspecified atom stereocenters. The van der Waals surface area contributed by atoms with E-state index >= 15 is 8.78 Å². The number of piperidine rings is 2. The molecule has 8 rings (SSSR count). The Kier molecular flexibility index (Phi) is 12.0. The van der Waals surface area contributed by atoms with Crippen LogP contribution in [0, 0.1) is 23.5 Å². The first kappa shape index (κ1) is 39.5. The van der Waals surface area contributed by atoms with Crippen molar-refractivity contribution in [3.05, 3.63) is 84.2 Å². The number of H-pyrrole nitrogens is 2. The molecule has 4 aromatic heterocycles. The number of halogens is 2. The van der Waals surface area contributed by atoms with Crippen LogP contribution in [0.5, 0.6) is 0 Å². The van der Waals surface area contributed by atoms with Gasteiger partial charge in [-0.3, -0.25) is 25.0 Å². The summed E-state index contributed by atoms with van der Waals surface area (Å²) >= 11 is 0. The number of benzene rings is 2. The highest BCUT2D eigenvalue weighted by Gasteiger charge is 2.25. The van der Waals surface area contributed by atoms with Gasteiger partial charge in [0.15, 0.2) is 23.3 Å². The van der Waals surface area contributed by atoms with E-state index in [0.717, 1.165) is 73.9 Å². The Labute approximate surface area is 336 Å². The molecule has 1 amide bonds. The molecule has 0 saturated carbocycles. The van der Waals surface area contributed by atoms with Gasteiger partial charge in [0.2, 0.25) is 5.91 Å². The molecule has 12 nitrogen and oxygen atoms in total. The van der Waals surface area contributed by atoms with E-state index in [9.17, 15) is 9.90 Å². The Hall–Kier alpha value is -5.31. The van der Waals surface area contributed by atoms with Crippen LogP contribution in [0.15, 0.2) is 67.0 Å². The topological polar surface area (TPSA) is 151 Å². The van der Waals surface area contributed by atoms with Crippen LogP contribution in [0.3, 0.4) is 0 Å². The van der Waals surface area contributed by atoms with Crippen LogP contribution in [0.1, 0.15) is 70.3 Å². The predicted molar refractivity (Wildman–Crippen MR) is 223 cm³/mol.